The van der Waals surface area contributed by atoms with Crippen molar-refractivity contribution < 1.29 is 13.6 Å². The molecule has 0 aromatic rings. The quantitative estimate of drug-likeness (QED) is 0.671. The first-order chi connectivity index (χ1) is 7.18. The Labute approximate surface area is 87.2 Å². The molecule has 2 aliphatic rings. The van der Waals surface area contributed by atoms with Gasteiger partial charge in [-0.1, -0.05) is 0 Å². The monoisotopic (exact) mass is 219 g/mol. The lowest BCUT2D eigenvalue weighted by atomic mass is 10.1. The summed E-state index contributed by atoms with van der Waals surface area (Å²) in [5.41, 5.74) is 0. The van der Waals surface area contributed by atoms with Gasteiger partial charge in [-0.05, 0) is 0 Å². The van der Waals surface area contributed by atoms with Gasteiger partial charge in [-0.2, -0.15) is 8.78 Å². The molecule has 1 N–H and O–H groups in total. The van der Waals surface area contributed by atoms with Crippen molar-refractivity contribution in [3.63, 3.8) is 0 Å². The topological polar surface area (TPSA) is 35.6 Å². The first-order valence-corrected chi connectivity index (χ1v) is 5.20. The summed E-state index contributed by atoms with van der Waals surface area (Å²) < 4.78 is 24.1. The number of nitrogens with one attached hydrogen (secondary N) is 1. The highest BCUT2D eigenvalue weighted by Gasteiger charge is 2.37. The summed E-state index contributed by atoms with van der Waals surface area (Å²) in [6.45, 7) is 4.70. The molecule has 86 valence electrons. The zero-order chi connectivity index (χ0) is 10.8. The molecule has 0 radical (unpaired) electrons. The van der Waals surface area contributed by atoms with Crippen molar-refractivity contribution in [2.45, 2.75) is 12.5 Å². The number of hydrogen-bond acceptors (Lipinski definition) is 3. The molecule has 0 spiro atoms. The smallest absolute Gasteiger partial charge is 0.315 e. The Morgan fingerprint density at radius 3 is 2.40 bits per heavy atom. The van der Waals surface area contributed by atoms with E-state index in [2.05, 4.69) is 10.2 Å². The third kappa shape index (κ3) is 2.26. The normalized spacial score (nSPS) is 24.3. The van der Waals surface area contributed by atoms with Crippen LogP contribution in [0.1, 0.15) is 0 Å². The van der Waals surface area contributed by atoms with Crippen LogP contribution in [0, 0.1) is 0 Å². The molecule has 0 unspecified atom stereocenters. The van der Waals surface area contributed by atoms with E-state index in [1.807, 2.05) is 0 Å². The van der Waals surface area contributed by atoms with Crippen LogP contribution < -0.4 is 5.32 Å². The van der Waals surface area contributed by atoms with Gasteiger partial charge in [0, 0.05) is 45.3 Å². The first kappa shape index (κ1) is 10.8. The Morgan fingerprint density at radius 2 is 1.87 bits per heavy atom. The Bertz CT molecular complexity index is 238. The lowest BCUT2D eigenvalue weighted by molar-refractivity contribution is -0.150. The summed E-state index contributed by atoms with van der Waals surface area (Å²) in [5.74, 6) is -1.03. The molecule has 6 heteroatoms. The van der Waals surface area contributed by atoms with Gasteiger partial charge in [-0.15, -0.1) is 0 Å². The fourth-order valence-corrected chi connectivity index (χ4v) is 2.05. The number of likely N-dealkylation sites (tertiary alicyclic amines) is 1. The molecule has 2 fully saturated rings. The van der Waals surface area contributed by atoms with E-state index in [1.54, 1.807) is 0 Å². The van der Waals surface area contributed by atoms with Crippen LogP contribution in [-0.4, -0.2) is 67.4 Å². The molecule has 0 aromatic carbocycles. The average Bonchev–Trinajstić information content (AvgIpc) is 2.17. The SMILES string of the molecule is O=C(C(F)F)N1CC(N2CCNCC2)C1. The van der Waals surface area contributed by atoms with E-state index in [-0.39, 0.29) is 6.04 Å². The summed E-state index contributed by atoms with van der Waals surface area (Å²) in [5, 5.41) is 3.23. The molecule has 0 aromatic heterocycles. The fraction of sp³-hybridized carbons (Fsp3) is 0.889. The van der Waals surface area contributed by atoms with Crippen LogP contribution in [0.4, 0.5) is 8.78 Å². The predicted molar refractivity (Wildman–Crippen MR) is 50.8 cm³/mol. The van der Waals surface area contributed by atoms with Gasteiger partial charge >= 0.3 is 6.43 Å². The second-order valence-corrected chi connectivity index (χ2v) is 3.98. The van der Waals surface area contributed by atoms with Crippen LogP contribution in [0.15, 0.2) is 0 Å². The number of amides is 1. The third-order valence-corrected chi connectivity index (χ3v) is 3.03. The molecular weight excluding hydrogens is 204 g/mol. The Hall–Kier alpha value is -0.750. The van der Waals surface area contributed by atoms with Gasteiger partial charge in [0.15, 0.2) is 0 Å². The predicted octanol–water partition coefficient (Wildman–Crippen LogP) is -0.632. The summed E-state index contributed by atoms with van der Waals surface area (Å²) in [4.78, 5) is 14.4. The van der Waals surface area contributed by atoms with E-state index in [9.17, 15) is 13.6 Å². The van der Waals surface area contributed by atoms with E-state index in [0.29, 0.717) is 13.1 Å². The van der Waals surface area contributed by atoms with Crippen molar-refractivity contribution in [1.82, 2.24) is 15.1 Å². The van der Waals surface area contributed by atoms with Crippen molar-refractivity contribution in [3.05, 3.63) is 0 Å². The highest BCUT2D eigenvalue weighted by atomic mass is 19.3. The van der Waals surface area contributed by atoms with Crippen LogP contribution in [0.5, 0.6) is 0 Å². The molecule has 2 rings (SSSR count). The maximum absolute atomic E-state index is 12.1. The van der Waals surface area contributed by atoms with Crippen molar-refractivity contribution in [3.8, 4) is 0 Å². The van der Waals surface area contributed by atoms with Crippen LogP contribution >= 0.6 is 0 Å². The molecule has 15 heavy (non-hydrogen) atoms. The van der Waals surface area contributed by atoms with Gasteiger partial charge in [0.1, 0.15) is 0 Å². The summed E-state index contributed by atoms with van der Waals surface area (Å²) in [6, 6.07) is 0.287. The lowest BCUT2D eigenvalue weighted by Crippen LogP contribution is -2.64. The fourth-order valence-electron chi connectivity index (χ4n) is 2.05. The van der Waals surface area contributed by atoms with Gasteiger partial charge in [-0.3, -0.25) is 9.69 Å². The van der Waals surface area contributed by atoms with E-state index in [1.165, 1.54) is 4.90 Å². The van der Waals surface area contributed by atoms with E-state index in [0.717, 1.165) is 26.2 Å². The second kappa shape index (κ2) is 4.40. The minimum atomic E-state index is -2.85. The second-order valence-electron chi connectivity index (χ2n) is 3.98. The van der Waals surface area contributed by atoms with Crippen molar-refractivity contribution >= 4 is 5.91 Å². The van der Waals surface area contributed by atoms with Crippen molar-refractivity contribution in [2.75, 3.05) is 39.3 Å². The van der Waals surface area contributed by atoms with Crippen molar-refractivity contribution in [1.29, 1.82) is 0 Å². The van der Waals surface area contributed by atoms with Crippen LogP contribution in [0.3, 0.4) is 0 Å². The molecular formula is C9H15F2N3O. The number of carbonyl (C=O) groups excluding carboxylic acids is 1. The largest absolute Gasteiger partial charge is 0.334 e. The zero-order valence-corrected chi connectivity index (χ0v) is 8.46. The molecule has 1 amide bonds. The molecule has 2 saturated heterocycles. The van der Waals surface area contributed by atoms with Crippen LogP contribution in [0.2, 0.25) is 0 Å². The van der Waals surface area contributed by atoms with Gasteiger partial charge in [0.2, 0.25) is 0 Å². The van der Waals surface area contributed by atoms with E-state index >= 15 is 0 Å². The van der Waals surface area contributed by atoms with Gasteiger partial charge in [0.25, 0.3) is 5.91 Å². The van der Waals surface area contributed by atoms with Crippen LogP contribution in [0.25, 0.3) is 0 Å². The number of piperazine rings is 1. The van der Waals surface area contributed by atoms with E-state index in [4.69, 9.17) is 0 Å². The molecule has 2 aliphatic heterocycles. The molecule has 0 aliphatic carbocycles. The highest BCUT2D eigenvalue weighted by molar-refractivity contribution is 5.80. The number of alkyl halides is 2. The van der Waals surface area contributed by atoms with Gasteiger partial charge < -0.3 is 10.2 Å². The zero-order valence-electron chi connectivity index (χ0n) is 8.46. The summed E-state index contributed by atoms with van der Waals surface area (Å²) >= 11 is 0. The number of nitrogens with zero attached hydrogens (tertiary/aromatic N) is 2. The highest BCUT2D eigenvalue weighted by Crippen LogP contribution is 2.17. The molecule has 0 atom stereocenters. The number of carbonyl (C=O) groups is 1. The molecule has 0 bridgehead atoms. The standard InChI is InChI=1S/C9H15F2N3O/c10-8(11)9(15)14-5-7(6-14)13-3-1-12-2-4-13/h7-8,12H,1-6H2. The molecule has 4 nitrogen and oxygen atoms in total. The first-order valence-electron chi connectivity index (χ1n) is 5.20. The molecule has 0 saturated carbocycles. The van der Waals surface area contributed by atoms with Crippen molar-refractivity contribution in [2.24, 2.45) is 0 Å². The Kier molecular flexibility index (Phi) is 3.16. The average molecular weight is 219 g/mol. The minimum Gasteiger partial charge on any atom is -0.334 e. The maximum atomic E-state index is 12.1. The number of rotatable bonds is 2. The maximum Gasteiger partial charge on any atom is 0.315 e. The summed E-state index contributed by atoms with van der Waals surface area (Å²) in [6.07, 6.45) is -2.85. The Morgan fingerprint density at radius 1 is 1.27 bits per heavy atom. The summed E-state index contributed by atoms with van der Waals surface area (Å²) in [7, 11) is 0. The Balaban J connectivity index is 1.75. The third-order valence-electron chi connectivity index (χ3n) is 3.03. The minimum absolute atomic E-state index is 0.287. The number of hydrogen-bond donors (Lipinski definition) is 1. The van der Waals surface area contributed by atoms with Crippen LogP contribution in [-0.2, 0) is 4.79 Å². The van der Waals surface area contributed by atoms with Gasteiger partial charge in [-0.25, -0.2) is 0 Å². The number of halogens is 2. The van der Waals surface area contributed by atoms with E-state index < -0.39 is 12.3 Å². The lowest BCUT2D eigenvalue weighted by Gasteiger charge is -2.46. The molecule has 2 heterocycles. The van der Waals surface area contributed by atoms with Gasteiger partial charge in [0.05, 0.1) is 0 Å².